The summed E-state index contributed by atoms with van der Waals surface area (Å²) < 4.78 is 26.4. The van der Waals surface area contributed by atoms with Crippen LogP contribution in [0.4, 0.5) is 0 Å². The summed E-state index contributed by atoms with van der Waals surface area (Å²) in [6, 6.07) is 5.96. The predicted octanol–water partition coefficient (Wildman–Crippen LogP) is 0.514. The van der Waals surface area contributed by atoms with E-state index in [0.717, 1.165) is 0 Å². The molecule has 0 aromatic heterocycles. The summed E-state index contributed by atoms with van der Waals surface area (Å²) in [7, 11) is -3.64. The smallest absolute Gasteiger partial charge is 0.240 e. The number of sulfonamides is 1. The Kier molecular flexibility index (Phi) is 6.25. The lowest BCUT2D eigenvalue weighted by Gasteiger charge is -2.09. The van der Waals surface area contributed by atoms with E-state index in [9.17, 15) is 13.2 Å². The van der Waals surface area contributed by atoms with Crippen LogP contribution in [0.15, 0.2) is 29.2 Å². The number of nitrogens with one attached hydrogen (secondary N) is 2. The second kappa shape index (κ2) is 7.48. The molecule has 0 unspecified atom stereocenters. The predicted molar refractivity (Wildman–Crippen MR) is 85.4 cm³/mol. The van der Waals surface area contributed by atoms with E-state index in [0.29, 0.717) is 5.56 Å². The molecule has 0 heterocycles. The van der Waals surface area contributed by atoms with Gasteiger partial charge < -0.3 is 11.1 Å². The van der Waals surface area contributed by atoms with Gasteiger partial charge in [-0.2, -0.15) is 0 Å². The first-order valence-corrected chi connectivity index (χ1v) is 8.30. The molecule has 1 aromatic carbocycles. The van der Waals surface area contributed by atoms with Crippen LogP contribution in [0.5, 0.6) is 0 Å². The highest BCUT2D eigenvalue weighted by atomic mass is 32.2. The largest absolute Gasteiger partial charge is 0.389 e. The normalized spacial score (nSPS) is 11.4. The van der Waals surface area contributed by atoms with Crippen molar-refractivity contribution in [3.8, 4) is 0 Å². The molecule has 4 N–H and O–H groups in total. The highest BCUT2D eigenvalue weighted by molar-refractivity contribution is 7.89. The van der Waals surface area contributed by atoms with Crippen LogP contribution in [-0.4, -0.2) is 31.9 Å². The van der Waals surface area contributed by atoms with Crippen molar-refractivity contribution in [3.05, 3.63) is 29.8 Å². The Hall–Kier alpha value is -1.51. The summed E-state index contributed by atoms with van der Waals surface area (Å²) in [5, 5.41) is 2.69. The summed E-state index contributed by atoms with van der Waals surface area (Å²) in [5.41, 5.74) is 6.05. The zero-order valence-electron chi connectivity index (χ0n) is 11.9. The molecule has 0 saturated heterocycles. The first-order chi connectivity index (χ1) is 9.72. The lowest BCUT2D eigenvalue weighted by atomic mass is 10.2. The van der Waals surface area contributed by atoms with E-state index >= 15 is 0 Å². The molecule has 0 radical (unpaired) electrons. The minimum atomic E-state index is -3.64. The van der Waals surface area contributed by atoms with Crippen molar-refractivity contribution in [2.24, 2.45) is 5.73 Å². The van der Waals surface area contributed by atoms with Gasteiger partial charge >= 0.3 is 0 Å². The molecule has 0 aliphatic heterocycles. The van der Waals surface area contributed by atoms with Crippen LogP contribution in [0.2, 0.25) is 0 Å². The number of hydrogen-bond donors (Lipinski definition) is 3. The minimum absolute atomic E-state index is 0.0294. The fraction of sp³-hybridized carbons (Fsp3) is 0.385. The summed E-state index contributed by atoms with van der Waals surface area (Å²) >= 11 is 4.80. The Morgan fingerprint density at radius 3 is 2.33 bits per heavy atom. The minimum Gasteiger partial charge on any atom is -0.389 e. The highest BCUT2D eigenvalue weighted by Crippen LogP contribution is 2.10. The first-order valence-electron chi connectivity index (χ1n) is 6.41. The Bertz CT molecular complexity index is 610. The van der Waals surface area contributed by atoms with Crippen LogP contribution in [-0.2, 0) is 14.8 Å². The van der Waals surface area contributed by atoms with Crippen LogP contribution in [0.25, 0.3) is 0 Å². The van der Waals surface area contributed by atoms with Crippen LogP contribution < -0.4 is 15.8 Å². The molecule has 0 saturated carbocycles. The highest BCUT2D eigenvalue weighted by Gasteiger charge is 2.14. The van der Waals surface area contributed by atoms with E-state index in [-0.39, 0.29) is 34.8 Å². The van der Waals surface area contributed by atoms with Crippen molar-refractivity contribution in [1.82, 2.24) is 10.0 Å². The van der Waals surface area contributed by atoms with E-state index < -0.39 is 10.0 Å². The summed E-state index contributed by atoms with van der Waals surface area (Å²) in [6.45, 7) is 3.72. The first kappa shape index (κ1) is 17.5. The van der Waals surface area contributed by atoms with Gasteiger partial charge in [0, 0.05) is 24.6 Å². The van der Waals surface area contributed by atoms with Gasteiger partial charge in [0.1, 0.15) is 4.99 Å². The number of benzene rings is 1. The number of rotatable bonds is 7. The Labute approximate surface area is 130 Å². The number of carbonyl (C=O) groups is 1. The van der Waals surface area contributed by atoms with Crippen molar-refractivity contribution in [3.63, 3.8) is 0 Å². The zero-order chi connectivity index (χ0) is 16.0. The van der Waals surface area contributed by atoms with Gasteiger partial charge in [0.2, 0.25) is 15.9 Å². The van der Waals surface area contributed by atoms with Crippen LogP contribution >= 0.6 is 12.2 Å². The maximum absolute atomic E-state index is 12.0. The second-order valence-electron chi connectivity index (χ2n) is 4.76. The quantitative estimate of drug-likeness (QED) is 0.633. The van der Waals surface area contributed by atoms with E-state index in [1.165, 1.54) is 12.1 Å². The van der Waals surface area contributed by atoms with Crippen LogP contribution in [0.3, 0.4) is 0 Å². The summed E-state index contributed by atoms with van der Waals surface area (Å²) in [6.07, 6.45) is 0.0857. The van der Waals surface area contributed by atoms with Gasteiger partial charge in [-0.3, -0.25) is 4.79 Å². The molecule has 21 heavy (non-hydrogen) atoms. The maximum atomic E-state index is 12.0. The lowest BCUT2D eigenvalue weighted by molar-refractivity contribution is -0.121. The van der Waals surface area contributed by atoms with E-state index in [4.69, 9.17) is 18.0 Å². The van der Waals surface area contributed by atoms with Gasteiger partial charge in [-0.25, -0.2) is 13.1 Å². The van der Waals surface area contributed by atoms with Gasteiger partial charge in [0.05, 0.1) is 4.90 Å². The monoisotopic (exact) mass is 329 g/mol. The average Bonchev–Trinajstić information content (AvgIpc) is 2.37. The van der Waals surface area contributed by atoms with Crippen LogP contribution in [0, 0.1) is 0 Å². The molecule has 1 rings (SSSR count). The molecular weight excluding hydrogens is 310 g/mol. The molecule has 8 heteroatoms. The zero-order valence-corrected chi connectivity index (χ0v) is 13.6. The molecule has 0 atom stereocenters. The van der Waals surface area contributed by atoms with Crippen molar-refractivity contribution < 1.29 is 13.2 Å². The Morgan fingerprint density at radius 2 is 1.86 bits per heavy atom. The number of nitrogens with two attached hydrogens (primary N) is 1. The lowest BCUT2D eigenvalue weighted by Crippen LogP contribution is -2.34. The molecule has 6 nitrogen and oxygen atoms in total. The van der Waals surface area contributed by atoms with Crippen molar-refractivity contribution in [2.75, 3.05) is 6.54 Å². The molecular formula is C13H19N3O3S2. The van der Waals surface area contributed by atoms with Gasteiger partial charge in [0.15, 0.2) is 0 Å². The molecule has 1 aromatic rings. The molecule has 0 bridgehead atoms. The fourth-order valence-corrected chi connectivity index (χ4v) is 2.74. The van der Waals surface area contributed by atoms with Gasteiger partial charge in [0.25, 0.3) is 0 Å². The number of thiocarbonyl (C=S) groups is 1. The third-order valence-electron chi connectivity index (χ3n) is 2.54. The average molecular weight is 329 g/mol. The SMILES string of the molecule is CC(C)NC(=O)CCNS(=O)(=O)c1ccc(C(N)=S)cc1. The second-order valence-corrected chi connectivity index (χ2v) is 6.97. The Balaban J connectivity index is 2.61. The van der Waals surface area contributed by atoms with E-state index in [1.807, 2.05) is 13.8 Å². The Morgan fingerprint density at radius 1 is 1.29 bits per heavy atom. The van der Waals surface area contributed by atoms with Crippen LogP contribution in [0.1, 0.15) is 25.8 Å². The summed E-state index contributed by atoms with van der Waals surface area (Å²) in [4.78, 5) is 11.7. The van der Waals surface area contributed by atoms with Crippen molar-refractivity contribution in [2.45, 2.75) is 31.2 Å². The third kappa shape index (κ3) is 5.78. The van der Waals surface area contributed by atoms with Crippen molar-refractivity contribution in [1.29, 1.82) is 0 Å². The van der Waals surface area contributed by atoms with Gasteiger partial charge in [-0.1, -0.05) is 24.4 Å². The topological polar surface area (TPSA) is 101 Å². The fourth-order valence-electron chi connectivity index (χ4n) is 1.57. The number of amides is 1. The van der Waals surface area contributed by atoms with E-state index in [1.54, 1.807) is 12.1 Å². The van der Waals surface area contributed by atoms with Crippen molar-refractivity contribution >= 4 is 33.1 Å². The number of hydrogen-bond acceptors (Lipinski definition) is 4. The van der Waals surface area contributed by atoms with Gasteiger partial charge in [-0.05, 0) is 26.0 Å². The maximum Gasteiger partial charge on any atom is 0.240 e. The molecule has 116 valence electrons. The third-order valence-corrected chi connectivity index (χ3v) is 4.26. The van der Waals surface area contributed by atoms with Gasteiger partial charge in [-0.15, -0.1) is 0 Å². The molecule has 1 amide bonds. The summed E-state index contributed by atoms with van der Waals surface area (Å²) in [5.74, 6) is -0.198. The molecule has 0 spiro atoms. The number of carbonyl (C=O) groups excluding carboxylic acids is 1. The molecule has 0 fully saturated rings. The standard InChI is InChI=1S/C13H19N3O3S2/c1-9(2)16-12(17)7-8-15-21(18,19)11-5-3-10(4-6-11)13(14)20/h3-6,9,15H,7-8H2,1-2H3,(H2,14,20)(H,16,17). The van der Waals surface area contributed by atoms with E-state index in [2.05, 4.69) is 10.0 Å². The molecule has 0 aliphatic carbocycles. The molecule has 0 aliphatic rings.